The average molecular weight is 429 g/mol. The molecule has 0 unspecified atom stereocenters. The molecule has 158 valence electrons. The van der Waals surface area contributed by atoms with Gasteiger partial charge in [0.1, 0.15) is 29.3 Å². The maximum Gasteiger partial charge on any atom is 0.586 e. The normalized spacial score (nSPS) is 21.0. The molecule has 0 radical (unpaired) electrons. The lowest BCUT2D eigenvalue weighted by atomic mass is 9.99. The van der Waals surface area contributed by atoms with Crippen molar-refractivity contribution in [2.24, 2.45) is 4.99 Å². The van der Waals surface area contributed by atoms with E-state index in [4.69, 9.17) is 4.74 Å². The third-order valence-corrected chi connectivity index (χ3v) is 5.16. The van der Waals surface area contributed by atoms with Crippen molar-refractivity contribution in [1.29, 1.82) is 0 Å². The van der Waals surface area contributed by atoms with Gasteiger partial charge >= 0.3 is 6.29 Å². The predicted molar refractivity (Wildman–Crippen MR) is 104 cm³/mol. The van der Waals surface area contributed by atoms with Crippen LogP contribution in [-0.4, -0.2) is 18.3 Å². The number of halogens is 4. The Morgan fingerprint density at radius 2 is 1.48 bits per heavy atom. The van der Waals surface area contributed by atoms with Crippen molar-refractivity contribution in [3.05, 3.63) is 83.4 Å². The van der Waals surface area contributed by atoms with E-state index >= 15 is 0 Å². The Labute approximate surface area is 174 Å². The van der Waals surface area contributed by atoms with Gasteiger partial charge in [0, 0.05) is 0 Å². The highest BCUT2D eigenvalue weighted by molar-refractivity contribution is 5.96. The second-order valence-corrected chi connectivity index (χ2v) is 7.25. The Kier molecular flexibility index (Phi) is 4.39. The molecular formula is C23H15F4NO3. The van der Waals surface area contributed by atoms with E-state index in [-0.39, 0.29) is 23.0 Å². The average Bonchev–Trinajstić information content (AvgIpc) is 3.25. The molecule has 0 spiro atoms. The summed E-state index contributed by atoms with van der Waals surface area (Å²) < 4.78 is 69.1. The fourth-order valence-electron chi connectivity index (χ4n) is 3.67. The fraction of sp³-hybridized carbons (Fsp3) is 0.174. The second-order valence-electron chi connectivity index (χ2n) is 7.25. The zero-order chi connectivity index (χ0) is 21.8. The van der Waals surface area contributed by atoms with Crippen LogP contribution in [0.2, 0.25) is 0 Å². The van der Waals surface area contributed by atoms with Crippen molar-refractivity contribution < 1.29 is 31.8 Å². The summed E-state index contributed by atoms with van der Waals surface area (Å²) >= 11 is 0. The molecule has 5 rings (SSSR count). The highest BCUT2D eigenvalue weighted by Crippen LogP contribution is 2.43. The minimum atomic E-state index is -3.67. The van der Waals surface area contributed by atoms with Crippen molar-refractivity contribution in [1.82, 2.24) is 0 Å². The minimum absolute atomic E-state index is 0.0236. The molecule has 2 atom stereocenters. The largest absolute Gasteiger partial charge is 0.586 e. The molecule has 3 aromatic rings. The Hall–Kier alpha value is -3.55. The fourth-order valence-corrected chi connectivity index (χ4v) is 3.67. The Morgan fingerprint density at radius 3 is 2.19 bits per heavy atom. The van der Waals surface area contributed by atoms with Gasteiger partial charge in [-0.05, 0) is 47.9 Å². The Balaban J connectivity index is 1.41. The molecular weight excluding hydrogens is 414 g/mol. The SMILES string of the molecule is C[C@@H]1OC(c2c(F)cccc2F)=N[C@@H]1c1ccc(-c2ccc3c(c2)OC(F)(F)O3)cc1. The van der Waals surface area contributed by atoms with E-state index in [0.717, 1.165) is 23.3 Å². The molecule has 0 fully saturated rings. The molecule has 0 bridgehead atoms. The van der Waals surface area contributed by atoms with Gasteiger partial charge in [0.2, 0.25) is 5.90 Å². The number of aliphatic imine (C=N–C) groups is 1. The number of hydrogen-bond acceptors (Lipinski definition) is 4. The van der Waals surface area contributed by atoms with E-state index in [0.29, 0.717) is 5.56 Å². The Morgan fingerprint density at radius 1 is 0.839 bits per heavy atom. The van der Waals surface area contributed by atoms with Gasteiger partial charge in [-0.25, -0.2) is 13.8 Å². The topological polar surface area (TPSA) is 40.0 Å². The smallest absolute Gasteiger partial charge is 0.472 e. The summed E-state index contributed by atoms with van der Waals surface area (Å²) in [6, 6.07) is 14.9. The summed E-state index contributed by atoms with van der Waals surface area (Å²) in [4.78, 5) is 4.39. The monoisotopic (exact) mass is 429 g/mol. The number of fused-ring (bicyclic) bond motifs is 1. The van der Waals surface area contributed by atoms with Crippen molar-refractivity contribution in [2.45, 2.75) is 25.4 Å². The van der Waals surface area contributed by atoms with Gasteiger partial charge in [0.25, 0.3) is 0 Å². The molecule has 0 saturated heterocycles. The van der Waals surface area contributed by atoms with Crippen LogP contribution < -0.4 is 9.47 Å². The van der Waals surface area contributed by atoms with Crippen LogP contribution in [0.1, 0.15) is 24.1 Å². The van der Waals surface area contributed by atoms with E-state index in [1.165, 1.54) is 18.2 Å². The molecule has 4 nitrogen and oxygen atoms in total. The molecule has 2 aliphatic heterocycles. The zero-order valence-electron chi connectivity index (χ0n) is 16.1. The lowest BCUT2D eigenvalue weighted by molar-refractivity contribution is -0.286. The molecule has 0 amide bonds. The first-order valence-corrected chi connectivity index (χ1v) is 9.50. The quantitative estimate of drug-likeness (QED) is 0.490. The molecule has 0 aromatic heterocycles. The maximum atomic E-state index is 14.1. The number of nitrogens with zero attached hydrogens (tertiary/aromatic N) is 1. The third-order valence-electron chi connectivity index (χ3n) is 5.16. The van der Waals surface area contributed by atoms with Crippen molar-refractivity contribution in [2.75, 3.05) is 0 Å². The van der Waals surface area contributed by atoms with Gasteiger partial charge in [0.05, 0.1) is 0 Å². The van der Waals surface area contributed by atoms with Gasteiger partial charge in [-0.1, -0.05) is 36.4 Å². The van der Waals surface area contributed by atoms with Crippen molar-refractivity contribution in [3.63, 3.8) is 0 Å². The number of rotatable bonds is 3. The highest BCUT2D eigenvalue weighted by atomic mass is 19.3. The standard InChI is InChI=1S/C23H15F4NO3/c1-12-21(28-22(29-12)20-16(24)3-2-4-17(20)25)14-7-5-13(6-8-14)15-9-10-18-19(11-15)31-23(26,27)30-18/h2-12,21H,1H3/t12-,21-/m0/s1. The zero-order valence-corrected chi connectivity index (χ0v) is 16.1. The number of benzene rings is 3. The van der Waals surface area contributed by atoms with Crippen LogP contribution in [0.3, 0.4) is 0 Å². The van der Waals surface area contributed by atoms with Gasteiger partial charge in [-0.15, -0.1) is 8.78 Å². The summed E-state index contributed by atoms with van der Waals surface area (Å²) in [6.07, 6.45) is -4.09. The van der Waals surface area contributed by atoms with Crippen LogP contribution in [0.25, 0.3) is 11.1 Å². The molecule has 31 heavy (non-hydrogen) atoms. The summed E-state index contributed by atoms with van der Waals surface area (Å²) in [7, 11) is 0. The Bertz CT molecular complexity index is 1170. The van der Waals surface area contributed by atoms with E-state index in [1.54, 1.807) is 25.1 Å². The van der Waals surface area contributed by atoms with Gasteiger partial charge < -0.3 is 14.2 Å². The van der Waals surface area contributed by atoms with E-state index in [2.05, 4.69) is 14.5 Å². The summed E-state index contributed by atoms with van der Waals surface area (Å²) in [5, 5.41) is 0. The summed E-state index contributed by atoms with van der Waals surface area (Å²) in [6.45, 7) is 1.77. The molecule has 0 N–H and O–H groups in total. The summed E-state index contributed by atoms with van der Waals surface area (Å²) in [5.74, 6) is -1.62. The van der Waals surface area contributed by atoms with Gasteiger partial charge in [0.15, 0.2) is 11.5 Å². The number of ether oxygens (including phenoxy) is 3. The highest BCUT2D eigenvalue weighted by Gasteiger charge is 2.43. The van der Waals surface area contributed by atoms with Gasteiger partial charge in [-0.3, -0.25) is 0 Å². The van der Waals surface area contributed by atoms with Crippen LogP contribution in [0, 0.1) is 11.6 Å². The minimum Gasteiger partial charge on any atom is -0.472 e. The first kappa shape index (κ1) is 19.4. The van der Waals surface area contributed by atoms with E-state index in [9.17, 15) is 17.6 Å². The molecule has 2 heterocycles. The predicted octanol–water partition coefficient (Wildman–Crippen LogP) is 5.86. The van der Waals surface area contributed by atoms with Crippen LogP contribution in [0.5, 0.6) is 11.5 Å². The van der Waals surface area contributed by atoms with Crippen molar-refractivity contribution in [3.8, 4) is 22.6 Å². The van der Waals surface area contributed by atoms with E-state index < -0.39 is 30.1 Å². The molecule has 2 aliphatic rings. The van der Waals surface area contributed by atoms with Crippen LogP contribution in [0.15, 0.2) is 65.7 Å². The lowest BCUT2D eigenvalue weighted by Crippen LogP contribution is -2.25. The maximum absolute atomic E-state index is 14.1. The van der Waals surface area contributed by atoms with Crippen molar-refractivity contribution >= 4 is 5.90 Å². The molecule has 8 heteroatoms. The second kappa shape index (κ2) is 7.01. The number of alkyl halides is 2. The molecule has 0 saturated carbocycles. The summed E-state index contributed by atoms with van der Waals surface area (Å²) in [5.41, 5.74) is 1.93. The lowest BCUT2D eigenvalue weighted by Gasteiger charge is -2.13. The van der Waals surface area contributed by atoms with Crippen LogP contribution >= 0.6 is 0 Å². The number of hydrogen-bond donors (Lipinski definition) is 0. The van der Waals surface area contributed by atoms with Crippen LogP contribution in [-0.2, 0) is 4.74 Å². The van der Waals surface area contributed by atoms with E-state index in [1.807, 2.05) is 12.1 Å². The van der Waals surface area contributed by atoms with Crippen LogP contribution in [0.4, 0.5) is 17.6 Å². The molecule has 3 aromatic carbocycles. The molecule has 0 aliphatic carbocycles. The first-order valence-electron chi connectivity index (χ1n) is 9.50. The van der Waals surface area contributed by atoms with Gasteiger partial charge in [-0.2, -0.15) is 0 Å². The first-order chi connectivity index (χ1) is 14.8. The third kappa shape index (κ3) is 3.48.